The van der Waals surface area contributed by atoms with Gasteiger partial charge in [0.15, 0.2) is 5.96 Å². The van der Waals surface area contributed by atoms with Crippen LogP contribution in [0, 0.1) is 0 Å². The molecule has 1 aromatic rings. The molecule has 1 aromatic heterocycles. The minimum Gasteiger partial charge on any atom is -0.357 e. The summed E-state index contributed by atoms with van der Waals surface area (Å²) in [6.45, 7) is 7.07. The van der Waals surface area contributed by atoms with Crippen LogP contribution in [-0.2, 0) is 22.9 Å². The number of nitrogens with zero attached hydrogens (tertiary/aromatic N) is 3. The highest BCUT2D eigenvalue weighted by atomic mass is 32.2. The Morgan fingerprint density at radius 3 is 2.73 bits per heavy atom. The molecule has 0 aromatic carbocycles. The normalized spacial score (nSPS) is 16.6. The van der Waals surface area contributed by atoms with Crippen LogP contribution in [0.15, 0.2) is 11.2 Å². The summed E-state index contributed by atoms with van der Waals surface area (Å²) in [4.78, 5) is 10.1. The summed E-state index contributed by atoms with van der Waals surface area (Å²) in [7, 11) is -3.21. The number of aromatic nitrogens is 1. The van der Waals surface area contributed by atoms with Gasteiger partial charge in [-0.1, -0.05) is 6.92 Å². The van der Waals surface area contributed by atoms with Gasteiger partial charge in [-0.2, -0.15) is 11.8 Å². The fourth-order valence-electron chi connectivity index (χ4n) is 2.48. The van der Waals surface area contributed by atoms with E-state index in [1.54, 1.807) is 27.4 Å². The summed E-state index contributed by atoms with van der Waals surface area (Å²) >= 11 is 3.54. The standard InChI is InChI=1S/C16H29N5O2S3/c1-3-14-13-20-15(25-14)5-6-18-16(17-4-2)19-7-12-26(22,23)21-8-10-24-11-9-21/h13H,3-12H2,1-2H3,(H2,17,18,19). The number of aryl methyl sites for hydroxylation is 1. The van der Waals surface area contributed by atoms with E-state index < -0.39 is 10.0 Å². The maximum Gasteiger partial charge on any atom is 0.215 e. The third-order valence-electron chi connectivity index (χ3n) is 3.91. The van der Waals surface area contributed by atoms with Crippen LogP contribution in [-0.4, -0.2) is 73.6 Å². The monoisotopic (exact) mass is 419 g/mol. The van der Waals surface area contributed by atoms with Gasteiger partial charge < -0.3 is 10.6 Å². The van der Waals surface area contributed by atoms with E-state index in [1.165, 1.54) is 4.88 Å². The molecule has 0 unspecified atom stereocenters. The largest absolute Gasteiger partial charge is 0.357 e. The van der Waals surface area contributed by atoms with Crippen molar-refractivity contribution < 1.29 is 8.42 Å². The summed E-state index contributed by atoms with van der Waals surface area (Å²) in [5.74, 6) is 2.47. The fourth-order valence-corrected chi connectivity index (χ4v) is 5.80. The number of aliphatic imine (C=N–C) groups is 1. The van der Waals surface area contributed by atoms with Crippen molar-refractivity contribution in [2.75, 3.05) is 50.0 Å². The second-order valence-corrected chi connectivity index (χ2v) is 10.4. The quantitative estimate of drug-likeness (QED) is 0.462. The summed E-state index contributed by atoms with van der Waals surface area (Å²) in [6.07, 6.45) is 3.78. The van der Waals surface area contributed by atoms with Gasteiger partial charge in [-0.15, -0.1) is 11.3 Å². The highest BCUT2D eigenvalue weighted by molar-refractivity contribution is 7.99. The van der Waals surface area contributed by atoms with E-state index in [9.17, 15) is 8.42 Å². The van der Waals surface area contributed by atoms with Gasteiger partial charge in [0.2, 0.25) is 10.0 Å². The molecule has 0 bridgehead atoms. The lowest BCUT2D eigenvalue weighted by atomic mass is 10.4. The molecule has 0 radical (unpaired) electrons. The Morgan fingerprint density at radius 1 is 1.31 bits per heavy atom. The molecule has 26 heavy (non-hydrogen) atoms. The maximum atomic E-state index is 12.4. The van der Waals surface area contributed by atoms with Gasteiger partial charge in [0.25, 0.3) is 0 Å². The number of hydrogen-bond acceptors (Lipinski definition) is 6. The van der Waals surface area contributed by atoms with Crippen molar-refractivity contribution >= 4 is 39.1 Å². The number of thiazole rings is 1. The van der Waals surface area contributed by atoms with Crippen LogP contribution in [0.3, 0.4) is 0 Å². The van der Waals surface area contributed by atoms with Gasteiger partial charge in [-0.25, -0.2) is 17.7 Å². The first kappa shape index (κ1) is 21.5. The third-order valence-corrected chi connectivity index (χ3v) is 7.90. The zero-order valence-electron chi connectivity index (χ0n) is 15.5. The Kier molecular flexibility index (Phi) is 9.17. The SMILES string of the molecule is CCNC(=NCCS(=O)(=O)N1CCSCC1)NCCc1ncc(CC)s1. The van der Waals surface area contributed by atoms with E-state index in [2.05, 4.69) is 27.5 Å². The highest BCUT2D eigenvalue weighted by Crippen LogP contribution is 2.14. The van der Waals surface area contributed by atoms with E-state index in [0.717, 1.165) is 42.4 Å². The molecule has 0 atom stereocenters. The lowest BCUT2D eigenvalue weighted by molar-refractivity contribution is 0.444. The van der Waals surface area contributed by atoms with Crippen molar-refractivity contribution in [2.45, 2.75) is 26.7 Å². The minimum atomic E-state index is -3.21. The number of nitrogens with one attached hydrogen (secondary N) is 2. The van der Waals surface area contributed by atoms with Crippen LogP contribution in [0.4, 0.5) is 0 Å². The first-order valence-electron chi connectivity index (χ1n) is 9.06. The van der Waals surface area contributed by atoms with Crippen LogP contribution < -0.4 is 10.6 Å². The Bertz CT molecular complexity index is 669. The van der Waals surface area contributed by atoms with Crippen molar-refractivity contribution in [1.29, 1.82) is 0 Å². The lowest BCUT2D eigenvalue weighted by Gasteiger charge is -2.25. The smallest absolute Gasteiger partial charge is 0.215 e. The van der Waals surface area contributed by atoms with Gasteiger partial charge in [0, 0.05) is 55.2 Å². The summed E-state index contributed by atoms with van der Waals surface area (Å²) in [5, 5.41) is 7.52. The average molecular weight is 420 g/mol. The Labute approximate surface area is 165 Å². The molecule has 1 fully saturated rings. The molecule has 7 nitrogen and oxygen atoms in total. The minimum absolute atomic E-state index is 0.0561. The highest BCUT2D eigenvalue weighted by Gasteiger charge is 2.23. The molecule has 1 saturated heterocycles. The zero-order chi connectivity index (χ0) is 18.8. The summed E-state index contributed by atoms with van der Waals surface area (Å²) in [6, 6.07) is 0. The van der Waals surface area contributed by atoms with E-state index in [1.807, 2.05) is 13.1 Å². The van der Waals surface area contributed by atoms with Crippen molar-refractivity contribution in [3.8, 4) is 0 Å². The second kappa shape index (κ2) is 11.1. The fraction of sp³-hybridized carbons (Fsp3) is 0.750. The Hall–Kier alpha value is -0.840. The molecule has 0 spiro atoms. The van der Waals surface area contributed by atoms with Crippen molar-refractivity contribution in [1.82, 2.24) is 19.9 Å². The van der Waals surface area contributed by atoms with E-state index in [-0.39, 0.29) is 12.3 Å². The Morgan fingerprint density at radius 2 is 2.08 bits per heavy atom. The van der Waals surface area contributed by atoms with E-state index >= 15 is 0 Å². The number of sulfonamides is 1. The first-order valence-corrected chi connectivity index (χ1v) is 12.6. The van der Waals surface area contributed by atoms with Gasteiger partial charge in [0.1, 0.15) is 0 Å². The van der Waals surface area contributed by atoms with Crippen molar-refractivity contribution in [3.05, 3.63) is 16.1 Å². The summed E-state index contributed by atoms with van der Waals surface area (Å²) in [5.41, 5.74) is 0. The van der Waals surface area contributed by atoms with Gasteiger partial charge in [0.05, 0.1) is 17.3 Å². The molecule has 0 saturated carbocycles. The molecule has 148 valence electrons. The third kappa shape index (κ3) is 7.05. The van der Waals surface area contributed by atoms with E-state index in [0.29, 0.717) is 19.0 Å². The molecule has 0 aliphatic carbocycles. The topological polar surface area (TPSA) is 86.7 Å². The maximum absolute atomic E-state index is 12.4. The van der Waals surface area contributed by atoms with Crippen LogP contribution >= 0.6 is 23.1 Å². The predicted octanol–water partition coefficient (Wildman–Crippen LogP) is 1.18. The Balaban J connectivity index is 1.79. The van der Waals surface area contributed by atoms with Crippen LogP contribution in [0.2, 0.25) is 0 Å². The van der Waals surface area contributed by atoms with Crippen molar-refractivity contribution in [3.63, 3.8) is 0 Å². The van der Waals surface area contributed by atoms with Crippen LogP contribution in [0.25, 0.3) is 0 Å². The molecule has 10 heteroatoms. The first-order chi connectivity index (χ1) is 12.5. The van der Waals surface area contributed by atoms with Gasteiger partial charge >= 0.3 is 0 Å². The molecular weight excluding hydrogens is 390 g/mol. The molecule has 2 heterocycles. The predicted molar refractivity (Wildman–Crippen MR) is 112 cm³/mol. The second-order valence-electron chi connectivity index (χ2n) is 5.84. The van der Waals surface area contributed by atoms with Gasteiger partial charge in [-0.3, -0.25) is 4.99 Å². The molecule has 2 N–H and O–H groups in total. The number of rotatable bonds is 9. The van der Waals surface area contributed by atoms with E-state index in [4.69, 9.17) is 0 Å². The van der Waals surface area contributed by atoms with Crippen LogP contribution in [0.5, 0.6) is 0 Å². The average Bonchev–Trinajstić information content (AvgIpc) is 3.10. The van der Waals surface area contributed by atoms with Crippen molar-refractivity contribution in [2.24, 2.45) is 4.99 Å². The molecule has 0 amide bonds. The number of thioether (sulfide) groups is 1. The molecular formula is C16H29N5O2S3. The van der Waals surface area contributed by atoms with Crippen LogP contribution in [0.1, 0.15) is 23.7 Å². The molecule has 1 aliphatic rings. The molecule has 1 aliphatic heterocycles. The molecule has 2 rings (SSSR count). The number of hydrogen-bond donors (Lipinski definition) is 2. The van der Waals surface area contributed by atoms with Gasteiger partial charge in [-0.05, 0) is 13.3 Å². The number of guanidine groups is 1. The lowest BCUT2D eigenvalue weighted by Crippen LogP contribution is -2.41. The zero-order valence-corrected chi connectivity index (χ0v) is 18.0. The summed E-state index contributed by atoms with van der Waals surface area (Å²) < 4.78 is 26.3.